The third-order valence-electron chi connectivity index (χ3n) is 3.13. The van der Waals surface area contributed by atoms with Crippen molar-refractivity contribution in [1.29, 1.82) is 0 Å². The normalized spacial score (nSPS) is 10.6. The maximum atomic E-state index is 6.06. The molecule has 100 valence electrons. The molecule has 0 aliphatic rings. The lowest BCUT2D eigenvalue weighted by atomic mass is 9.95. The second-order valence-corrected chi connectivity index (χ2v) is 5.38. The molecule has 0 bridgehead atoms. The SMILES string of the molecule is C=Cc1ccc(C#Cc2ccc(C(C)(C)N)cc2)cc1. The van der Waals surface area contributed by atoms with E-state index in [1.54, 1.807) is 0 Å². The van der Waals surface area contributed by atoms with Crippen LogP contribution in [0.3, 0.4) is 0 Å². The lowest BCUT2D eigenvalue weighted by Gasteiger charge is -2.18. The largest absolute Gasteiger partial charge is 0.322 e. The summed E-state index contributed by atoms with van der Waals surface area (Å²) in [5.74, 6) is 6.32. The Morgan fingerprint density at radius 2 is 1.35 bits per heavy atom. The lowest BCUT2D eigenvalue weighted by molar-refractivity contribution is 0.554. The van der Waals surface area contributed by atoms with E-state index < -0.39 is 0 Å². The van der Waals surface area contributed by atoms with Crippen LogP contribution in [0.15, 0.2) is 55.1 Å². The van der Waals surface area contributed by atoms with E-state index in [4.69, 9.17) is 5.73 Å². The Labute approximate surface area is 121 Å². The Bertz CT molecular complexity index is 644. The minimum absolute atomic E-state index is 0.313. The van der Waals surface area contributed by atoms with E-state index in [1.807, 2.05) is 68.5 Å². The van der Waals surface area contributed by atoms with Gasteiger partial charge in [0, 0.05) is 16.7 Å². The molecule has 2 rings (SSSR count). The summed E-state index contributed by atoms with van der Waals surface area (Å²) >= 11 is 0. The summed E-state index contributed by atoms with van der Waals surface area (Å²) in [5, 5.41) is 0. The number of hydrogen-bond acceptors (Lipinski definition) is 1. The molecule has 20 heavy (non-hydrogen) atoms. The summed E-state index contributed by atoms with van der Waals surface area (Å²) in [6, 6.07) is 16.1. The molecule has 2 aromatic rings. The molecule has 0 aromatic heterocycles. The predicted molar refractivity (Wildman–Crippen MR) is 86.2 cm³/mol. The highest BCUT2D eigenvalue weighted by Gasteiger charge is 2.12. The summed E-state index contributed by atoms with van der Waals surface area (Å²) in [5.41, 5.74) is 9.94. The molecule has 1 heteroatoms. The van der Waals surface area contributed by atoms with E-state index in [0.717, 1.165) is 22.3 Å². The van der Waals surface area contributed by atoms with Gasteiger partial charge in [0.1, 0.15) is 0 Å². The van der Waals surface area contributed by atoms with Crippen LogP contribution in [0.2, 0.25) is 0 Å². The quantitative estimate of drug-likeness (QED) is 0.815. The molecule has 0 unspecified atom stereocenters. The van der Waals surface area contributed by atoms with E-state index >= 15 is 0 Å². The lowest BCUT2D eigenvalue weighted by Crippen LogP contribution is -2.28. The van der Waals surface area contributed by atoms with Crippen molar-refractivity contribution in [2.75, 3.05) is 0 Å². The molecule has 0 radical (unpaired) electrons. The van der Waals surface area contributed by atoms with Gasteiger partial charge in [-0.25, -0.2) is 0 Å². The average molecular weight is 261 g/mol. The van der Waals surface area contributed by atoms with Crippen LogP contribution in [0.5, 0.6) is 0 Å². The summed E-state index contributed by atoms with van der Waals surface area (Å²) in [4.78, 5) is 0. The van der Waals surface area contributed by atoms with Crippen LogP contribution in [0.25, 0.3) is 6.08 Å². The maximum Gasteiger partial charge on any atom is 0.0352 e. The molecule has 0 aliphatic carbocycles. The van der Waals surface area contributed by atoms with Crippen LogP contribution in [0, 0.1) is 11.8 Å². The molecule has 0 fully saturated rings. The summed E-state index contributed by atoms with van der Waals surface area (Å²) in [6.07, 6.45) is 1.82. The van der Waals surface area contributed by atoms with Crippen molar-refractivity contribution in [2.45, 2.75) is 19.4 Å². The fraction of sp³-hybridized carbons (Fsp3) is 0.158. The van der Waals surface area contributed by atoms with Crippen LogP contribution in [0.1, 0.15) is 36.1 Å². The van der Waals surface area contributed by atoms with Gasteiger partial charge < -0.3 is 5.73 Å². The Hall–Kier alpha value is -2.30. The standard InChI is InChI=1S/C19H19N/c1-4-15-5-7-16(8-6-15)9-10-17-11-13-18(14-12-17)19(2,3)20/h4-8,11-14H,1,20H2,2-3H3. The van der Waals surface area contributed by atoms with E-state index in [1.165, 1.54) is 0 Å². The van der Waals surface area contributed by atoms with Crippen LogP contribution in [-0.4, -0.2) is 0 Å². The van der Waals surface area contributed by atoms with Crippen LogP contribution in [-0.2, 0) is 5.54 Å². The molecule has 0 saturated carbocycles. The van der Waals surface area contributed by atoms with Gasteiger partial charge in [0.25, 0.3) is 0 Å². The van der Waals surface area contributed by atoms with Crippen molar-refractivity contribution in [1.82, 2.24) is 0 Å². The van der Waals surface area contributed by atoms with Gasteiger partial charge >= 0.3 is 0 Å². The maximum absolute atomic E-state index is 6.06. The van der Waals surface area contributed by atoms with Crippen molar-refractivity contribution in [3.05, 3.63) is 77.4 Å². The van der Waals surface area contributed by atoms with Gasteiger partial charge in [0.2, 0.25) is 0 Å². The van der Waals surface area contributed by atoms with E-state index in [-0.39, 0.29) is 5.54 Å². The van der Waals surface area contributed by atoms with Crippen molar-refractivity contribution in [2.24, 2.45) is 5.73 Å². The zero-order valence-electron chi connectivity index (χ0n) is 12.0. The number of rotatable bonds is 2. The minimum atomic E-state index is -0.313. The first-order chi connectivity index (χ1) is 9.49. The highest BCUT2D eigenvalue weighted by Crippen LogP contribution is 2.16. The predicted octanol–water partition coefficient (Wildman–Crippen LogP) is 3.92. The Morgan fingerprint density at radius 1 is 0.900 bits per heavy atom. The van der Waals surface area contributed by atoms with Crippen LogP contribution < -0.4 is 5.73 Å². The molecule has 2 aromatic carbocycles. The molecule has 0 heterocycles. The van der Waals surface area contributed by atoms with Crippen molar-refractivity contribution < 1.29 is 0 Å². The minimum Gasteiger partial charge on any atom is -0.322 e. The van der Waals surface area contributed by atoms with Gasteiger partial charge in [-0.2, -0.15) is 0 Å². The average Bonchev–Trinajstić information content (AvgIpc) is 2.45. The molecule has 0 aliphatic heterocycles. The fourth-order valence-electron chi connectivity index (χ4n) is 1.83. The molecule has 1 nitrogen and oxygen atoms in total. The van der Waals surface area contributed by atoms with E-state index in [9.17, 15) is 0 Å². The molecule has 2 N–H and O–H groups in total. The molecule has 0 saturated heterocycles. The third kappa shape index (κ3) is 3.60. The number of benzene rings is 2. The van der Waals surface area contributed by atoms with Gasteiger partial charge in [0.05, 0.1) is 0 Å². The zero-order chi connectivity index (χ0) is 14.6. The number of hydrogen-bond donors (Lipinski definition) is 1. The van der Waals surface area contributed by atoms with Crippen LogP contribution in [0.4, 0.5) is 0 Å². The number of nitrogens with two attached hydrogens (primary N) is 1. The first kappa shape index (κ1) is 14.1. The molecular formula is C19H19N. The monoisotopic (exact) mass is 261 g/mol. The Balaban J connectivity index is 2.18. The molecular weight excluding hydrogens is 242 g/mol. The first-order valence-electron chi connectivity index (χ1n) is 6.63. The smallest absolute Gasteiger partial charge is 0.0352 e. The second-order valence-electron chi connectivity index (χ2n) is 5.38. The topological polar surface area (TPSA) is 26.0 Å². The Morgan fingerprint density at radius 3 is 1.75 bits per heavy atom. The highest BCUT2D eigenvalue weighted by atomic mass is 14.7. The fourth-order valence-corrected chi connectivity index (χ4v) is 1.83. The van der Waals surface area contributed by atoms with Gasteiger partial charge in [-0.1, -0.05) is 48.8 Å². The summed E-state index contributed by atoms with van der Waals surface area (Å²) in [7, 11) is 0. The highest BCUT2D eigenvalue weighted by molar-refractivity contribution is 5.50. The molecule has 0 amide bonds. The van der Waals surface area contributed by atoms with Crippen molar-refractivity contribution >= 4 is 6.08 Å². The van der Waals surface area contributed by atoms with Crippen LogP contribution >= 0.6 is 0 Å². The van der Waals surface area contributed by atoms with E-state index in [2.05, 4.69) is 18.4 Å². The van der Waals surface area contributed by atoms with Gasteiger partial charge in [-0.05, 0) is 49.2 Å². The van der Waals surface area contributed by atoms with Gasteiger partial charge in [-0.3, -0.25) is 0 Å². The zero-order valence-corrected chi connectivity index (χ0v) is 12.0. The second kappa shape index (κ2) is 5.77. The van der Waals surface area contributed by atoms with Gasteiger partial charge in [0.15, 0.2) is 0 Å². The molecule has 0 atom stereocenters. The van der Waals surface area contributed by atoms with Crippen molar-refractivity contribution in [3.8, 4) is 11.8 Å². The van der Waals surface area contributed by atoms with E-state index in [0.29, 0.717) is 0 Å². The molecule has 0 spiro atoms. The summed E-state index contributed by atoms with van der Waals surface area (Å²) < 4.78 is 0. The Kier molecular flexibility index (Phi) is 4.08. The third-order valence-corrected chi connectivity index (χ3v) is 3.13. The summed E-state index contributed by atoms with van der Waals surface area (Å²) in [6.45, 7) is 7.73. The van der Waals surface area contributed by atoms with Gasteiger partial charge in [-0.15, -0.1) is 0 Å². The van der Waals surface area contributed by atoms with Crippen molar-refractivity contribution in [3.63, 3.8) is 0 Å². The first-order valence-corrected chi connectivity index (χ1v) is 6.63.